The van der Waals surface area contributed by atoms with Gasteiger partial charge in [0.15, 0.2) is 5.82 Å². The molecule has 3 heterocycles. The number of rotatable bonds is 5. The Morgan fingerprint density at radius 3 is 2.61 bits per heavy atom. The summed E-state index contributed by atoms with van der Waals surface area (Å²) in [5, 5.41) is 7.96. The van der Waals surface area contributed by atoms with Gasteiger partial charge in [0.25, 0.3) is 5.88 Å². The second kappa shape index (κ2) is 6.69. The van der Waals surface area contributed by atoms with Crippen LogP contribution in [0.25, 0.3) is 16.6 Å². The normalized spacial score (nSPS) is 16.2. The van der Waals surface area contributed by atoms with Crippen LogP contribution in [-0.2, 0) is 11.3 Å². The first kappa shape index (κ1) is 18.6. The summed E-state index contributed by atoms with van der Waals surface area (Å²) < 4.78 is 65.8. The zero-order valence-electron chi connectivity index (χ0n) is 14.8. The fourth-order valence-corrected chi connectivity index (χ4v) is 3.14. The van der Waals surface area contributed by atoms with E-state index in [4.69, 9.17) is 9.47 Å². The Hall–Kier alpha value is -2.75. The Balaban J connectivity index is 1.64. The lowest BCUT2D eigenvalue weighted by Gasteiger charge is -2.42. The van der Waals surface area contributed by atoms with E-state index in [1.807, 2.05) is 0 Å². The molecule has 148 valence electrons. The van der Waals surface area contributed by atoms with Crippen LogP contribution in [0.15, 0.2) is 30.6 Å². The maximum atomic E-state index is 14.5. The SMILES string of the molecule is COCc1nnn2ccc(-c3cnc(OC4(C(F)(F)F)CCC4)c(F)c3)cc12. The first-order chi connectivity index (χ1) is 13.3. The summed E-state index contributed by atoms with van der Waals surface area (Å²) in [7, 11) is 1.53. The lowest BCUT2D eigenvalue weighted by molar-refractivity contribution is -0.275. The molecule has 0 spiro atoms. The molecule has 28 heavy (non-hydrogen) atoms. The van der Waals surface area contributed by atoms with Gasteiger partial charge in [-0.2, -0.15) is 13.2 Å². The Kier molecular flexibility index (Phi) is 4.45. The monoisotopic (exact) mass is 396 g/mol. The molecule has 0 atom stereocenters. The number of nitrogens with zero attached hydrogens (tertiary/aromatic N) is 4. The number of aromatic nitrogens is 4. The number of alkyl halides is 3. The van der Waals surface area contributed by atoms with E-state index in [9.17, 15) is 17.6 Å². The van der Waals surface area contributed by atoms with Crippen molar-refractivity contribution in [1.29, 1.82) is 0 Å². The van der Waals surface area contributed by atoms with Crippen molar-refractivity contribution < 1.29 is 27.0 Å². The quantitative estimate of drug-likeness (QED) is 0.612. The van der Waals surface area contributed by atoms with Crippen molar-refractivity contribution in [3.8, 4) is 17.0 Å². The van der Waals surface area contributed by atoms with Crippen LogP contribution < -0.4 is 4.74 Å². The van der Waals surface area contributed by atoms with Gasteiger partial charge in [-0.05, 0) is 43.0 Å². The van der Waals surface area contributed by atoms with Crippen molar-refractivity contribution in [2.45, 2.75) is 37.6 Å². The number of fused-ring (bicyclic) bond motifs is 1. The standard InChI is InChI=1S/C18H16F4N4O2/c1-27-10-14-15-8-11(3-6-26(15)25-24-14)12-7-13(19)16(23-9-12)28-17(4-2-5-17)18(20,21)22/h3,6-9H,2,4-5,10H2,1H3. The Morgan fingerprint density at radius 1 is 1.21 bits per heavy atom. The number of hydrogen-bond donors (Lipinski definition) is 0. The van der Waals surface area contributed by atoms with E-state index >= 15 is 0 Å². The van der Waals surface area contributed by atoms with Gasteiger partial charge in [-0.3, -0.25) is 0 Å². The highest BCUT2D eigenvalue weighted by Crippen LogP contribution is 2.48. The molecule has 0 unspecified atom stereocenters. The summed E-state index contributed by atoms with van der Waals surface area (Å²) in [5.74, 6) is -1.59. The van der Waals surface area contributed by atoms with Gasteiger partial charge in [0.2, 0.25) is 5.60 Å². The molecule has 1 aliphatic rings. The van der Waals surface area contributed by atoms with E-state index < -0.39 is 23.5 Å². The predicted molar refractivity (Wildman–Crippen MR) is 90.2 cm³/mol. The second-order valence-corrected chi connectivity index (χ2v) is 6.67. The molecule has 6 nitrogen and oxygen atoms in total. The summed E-state index contributed by atoms with van der Waals surface area (Å²) in [5.41, 5.74) is -0.0640. The van der Waals surface area contributed by atoms with E-state index in [-0.39, 0.29) is 19.4 Å². The van der Waals surface area contributed by atoms with E-state index in [2.05, 4.69) is 15.3 Å². The summed E-state index contributed by atoms with van der Waals surface area (Å²) in [4.78, 5) is 3.80. The van der Waals surface area contributed by atoms with Gasteiger partial charge in [-0.1, -0.05) is 5.21 Å². The van der Waals surface area contributed by atoms with Crippen LogP contribution in [0.3, 0.4) is 0 Å². The van der Waals surface area contributed by atoms with Gasteiger partial charge >= 0.3 is 6.18 Å². The number of pyridine rings is 2. The zero-order valence-corrected chi connectivity index (χ0v) is 14.8. The molecule has 3 aromatic rings. The maximum Gasteiger partial charge on any atom is 0.428 e. The number of methoxy groups -OCH3 is 1. The van der Waals surface area contributed by atoms with Crippen LogP contribution >= 0.6 is 0 Å². The lowest BCUT2D eigenvalue weighted by Crippen LogP contribution is -2.55. The number of hydrogen-bond acceptors (Lipinski definition) is 5. The molecule has 1 aliphatic carbocycles. The summed E-state index contributed by atoms with van der Waals surface area (Å²) in [6, 6.07) is 4.52. The van der Waals surface area contributed by atoms with E-state index in [0.717, 1.165) is 6.07 Å². The van der Waals surface area contributed by atoms with Crippen LogP contribution in [-0.4, -0.2) is 38.7 Å². The Labute approximate surface area is 157 Å². The average molecular weight is 396 g/mol. The summed E-state index contributed by atoms with van der Waals surface area (Å²) in [6.07, 6.45) is -1.67. The molecule has 4 rings (SSSR count). The van der Waals surface area contributed by atoms with Crippen molar-refractivity contribution in [3.63, 3.8) is 0 Å². The Bertz CT molecular complexity index is 1010. The van der Waals surface area contributed by atoms with Crippen molar-refractivity contribution in [2.75, 3.05) is 7.11 Å². The van der Waals surface area contributed by atoms with Crippen molar-refractivity contribution in [3.05, 3.63) is 42.1 Å². The highest BCUT2D eigenvalue weighted by molar-refractivity contribution is 5.69. The number of halogens is 4. The van der Waals surface area contributed by atoms with Crippen molar-refractivity contribution in [1.82, 2.24) is 19.8 Å². The molecule has 0 radical (unpaired) electrons. The van der Waals surface area contributed by atoms with Crippen molar-refractivity contribution in [2.24, 2.45) is 0 Å². The van der Waals surface area contributed by atoms with Crippen molar-refractivity contribution >= 4 is 5.52 Å². The van der Waals surface area contributed by atoms with Crippen LogP contribution in [0.1, 0.15) is 25.0 Å². The van der Waals surface area contributed by atoms with E-state index in [1.165, 1.54) is 13.3 Å². The van der Waals surface area contributed by atoms with Crippen LogP contribution in [0.5, 0.6) is 5.88 Å². The molecule has 1 saturated carbocycles. The first-order valence-electron chi connectivity index (χ1n) is 8.57. The Morgan fingerprint density at radius 2 is 2.00 bits per heavy atom. The minimum atomic E-state index is -4.57. The van der Waals surface area contributed by atoms with E-state index in [1.54, 1.807) is 22.8 Å². The van der Waals surface area contributed by atoms with Gasteiger partial charge in [-0.25, -0.2) is 13.9 Å². The summed E-state index contributed by atoms with van der Waals surface area (Å²) in [6.45, 7) is 0.256. The summed E-state index contributed by atoms with van der Waals surface area (Å²) >= 11 is 0. The minimum Gasteiger partial charge on any atom is -0.459 e. The third kappa shape index (κ3) is 3.07. The maximum absolute atomic E-state index is 14.5. The van der Waals surface area contributed by atoms with Gasteiger partial charge < -0.3 is 9.47 Å². The molecule has 0 N–H and O–H groups in total. The highest BCUT2D eigenvalue weighted by Gasteiger charge is 2.61. The van der Waals surface area contributed by atoms with Gasteiger partial charge in [0, 0.05) is 25.1 Å². The topological polar surface area (TPSA) is 61.5 Å². The predicted octanol–water partition coefficient (Wildman–Crippen LogP) is 3.94. The van der Waals surface area contributed by atoms with Gasteiger partial charge in [0.05, 0.1) is 12.1 Å². The minimum absolute atomic E-state index is 0.202. The first-order valence-corrected chi connectivity index (χ1v) is 8.57. The lowest BCUT2D eigenvalue weighted by atomic mass is 9.79. The van der Waals surface area contributed by atoms with Gasteiger partial charge in [0.1, 0.15) is 5.69 Å². The number of ether oxygens (including phenoxy) is 2. The average Bonchev–Trinajstić information content (AvgIpc) is 3.00. The molecule has 10 heteroatoms. The van der Waals surface area contributed by atoms with E-state index in [0.29, 0.717) is 28.8 Å². The molecule has 1 fully saturated rings. The molecule has 0 amide bonds. The molecule has 0 aliphatic heterocycles. The molecule has 0 aromatic carbocycles. The third-order valence-corrected chi connectivity index (χ3v) is 4.88. The van der Waals surface area contributed by atoms with Crippen LogP contribution in [0.2, 0.25) is 0 Å². The molecular weight excluding hydrogens is 380 g/mol. The molecular formula is C18H16F4N4O2. The largest absolute Gasteiger partial charge is 0.459 e. The fraction of sp³-hybridized carbons (Fsp3) is 0.389. The molecule has 0 saturated heterocycles. The second-order valence-electron chi connectivity index (χ2n) is 6.67. The molecule has 3 aromatic heterocycles. The fourth-order valence-electron chi connectivity index (χ4n) is 3.14. The zero-order chi connectivity index (χ0) is 19.9. The highest BCUT2D eigenvalue weighted by atomic mass is 19.4. The smallest absolute Gasteiger partial charge is 0.428 e. The van der Waals surface area contributed by atoms with Crippen LogP contribution in [0.4, 0.5) is 17.6 Å². The van der Waals surface area contributed by atoms with Gasteiger partial charge in [-0.15, -0.1) is 5.10 Å². The third-order valence-electron chi connectivity index (χ3n) is 4.88. The van der Waals surface area contributed by atoms with Crippen LogP contribution in [0, 0.1) is 5.82 Å². The molecule has 0 bridgehead atoms.